The third kappa shape index (κ3) is 4.82. The first-order chi connectivity index (χ1) is 14.0. The Labute approximate surface area is 170 Å². The number of nitrogens with two attached hydrogens (primary N) is 1. The van der Waals surface area contributed by atoms with Crippen molar-refractivity contribution in [2.75, 3.05) is 7.11 Å². The number of ether oxygens (including phenoxy) is 1. The smallest absolute Gasteiger partial charge is 0.255 e. The average molecular weight is 388 g/mol. The summed E-state index contributed by atoms with van der Waals surface area (Å²) in [4.78, 5) is 27.4. The van der Waals surface area contributed by atoms with Gasteiger partial charge in [0.2, 0.25) is 5.91 Å². The lowest BCUT2D eigenvalue weighted by molar-refractivity contribution is -0.122. The Hall–Kier alpha value is -3.60. The van der Waals surface area contributed by atoms with E-state index in [0.29, 0.717) is 16.9 Å². The van der Waals surface area contributed by atoms with Gasteiger partial charge >= 0.3 is 0 Å². The van der Waals surface area contributed by atoms with Crippen molar-refractivity contribution in [3.8, 4) is 5.75 Å². The molecule has 0 aliphatic carbocycles. The summed E-state index contributed by atoms with van der Waals surface area (Å²) >= 11 is 0. The SMILES string of the molecule is COc1cccc(CN(C(=O)c2cccc(C)c2)[C@@H](C(N)=O)c2ccccc2)c1. The van der Waals surface area contributed by atoms with E-state index in [1.54, 1.807) is 25.3 Å². The number of rotatable bonds is 7. The largest absolute Gasteiger partial charge is 0.497 e. The Bertz CT molecular complexity index is 1000. The molecule has 0 heterocycles. The number of methoxy groups -OCH3 is 1. The van der Waals surface area contributed by atoms with Gasteiger partial charge in [-0.3, -0.25) is 9.59 Å². The number of primary amides is 1. The van der Waals surface area contributed by atoms with Gasteiger partial charge < -0.3 is 15.4 Å². The van der Waals surface area contributed by atoms with Crippen LogP contribution in [-0.2, 0) is 11.3 Å². The van der Waals surface area contributed by atoms with E-state index in [2.05, 4.69) is 0 Å². The Kier molecular flexibility index (Phi) is 6.29. The molecule has 2 amide bonds. The summed E-state index contributed by atoms with van der Waals surface area (Å²) in [5.74, 6) is -0.162. The Morgan fingerprint density at radius 1 is 0.966 bits per heavy atom. The van der Waals surface area contributed by atoms with Crippen LogP contribution in [0.2, 0.25) is 0 Å². The van der Waals surface area contributed by atoms with Gasteiger partial charge in [-0.05, 0) is 42.3 Å². The number of hydrogen-bond donors (Lipinski definition) is 1. The van der Waals surface area contributed by atoms with Crippen molar-refractivity contribution in [3.63, 3.8) is 0 Å². The Balaban J connectivity index is 2.06. The summed E-state index contributed by atoms with van der Waals surface area (Å²) in [6, 6.07) is 23.0. The van der Waals surface area contributed by atoms with E-state index >= 15 is 0 Å². The highest BCUT2D eigenvalue weighted by Crippen LogP contribution is 2.26. The lowest BCUT2D eigenvalue weighted by atomic mass is 10.0. The van der Waals surface area contributed by atoms with Gasteiger partial charge in [-0.25, -0.2) is 0 Å². The zero-order chi connectivity index (χ0) is 20.8. The highest BCUT2D eigenvalue weighted by molar-refractivity contribution is 5.97. The van der Waals surface area contributed by atoms with Crippen molar-refractivity contribution in [2.24, 2.45) is 5.73 Å². The summed E-state index contributed by atoms with van der Waals surface area (Å²) in [7, 11) is 1.59. The zero-order valence-corrected chi connectivity index (χ0v) is 16.5. The van der Waals surface area contributed by atoms with Crippen LogP contribution in [0, 0.1) is 6.92 Å². The van der Waals surface area contributed by atoms with Crippen LogP contribution in [0.4, 0.5) is 0 Å². The van der Waals surface area contributed by atoms with Gasteiger partial charge in [0.05, 0.1) is 7.11 Å². The van der Waals surface area contributed by atoms with Gasteiger partial charge in [0.1, 0.15) is 11.8 Å². The van der Waals surface area contributed by atoms with Gasteiger partial charge in [-0.2, -0.15) is 0 Å². The third-order valence-corrected chi connectivity index (χ3v) is 4.71. The number of carbonyl (C=O) groups is 2. The molecule has 0 unspecified atom stereocenters. The molecule has 0 bridgehead atoms. The molecule has 3 aromatic rings. The standard InChI is InChI=1S/C24H24N2O3/c1-17-8-6-12-20(14-17)24(28)26(16-18-9-7-13-21(15-18)29-2)22(23(25)27)19-10-4-3-5-11-19/h3-15,22H,16H2,1-2H3,(H2,25,27)/t22-/m1/s1. The van der Waals surface area contributed by atoms with Gasteiger partial charge in [0.25, 0.3) is 5.91 Å². The van der Waals surface area contributed by atoms with E-state index < -0.39 is 11.9 Å². The van der Waals surface area contributed by atoms with Crippen LogP contribution in [0.15, 0.2) is 78.9 Å². The van der Waals surface area contributed by atoms with Crippen LogP contribution < -0.4 is 10.5 Å². The second kappa shape index (κ2) is 9.06. The molecule has 0 saturated heterocycles. The molecule has 0 aliphatic heterocycles. The van der Waals surface area contributed by atoms with Crippen LogP contribution >= 0.6 is 0 Å². The van der Waals surface area contributed by atoms with Crippen molar-refractivity contribution < 1.29 is 14.3 Å². The summed E-state index contributed by atoms with van der Waals surface area (Å²) in [5, 5.41) is 0. The zero-order valence-electron chi connectivity index (χ0n) is 16.5. The molecule has 0 aromatic heterocycles. The number of carbonyl (C=O) groups excluding carboxylic acids is 2. The maximum absolute atomic E-state index is 13.5. The lowest BCUT2D eigenvalue weighted by Crippen LogP contribution is -2.41. The van der Waals surface area contributed by atoms with Crippen molar-refractivity contribution in [3.05, 3.63) is 101 Å². The van der Waals surface area contributed by atoms with Gasteiger partial charge in [-0.1, -0.05) is 60.2 Å². The van der Waals surface area contributed by atoms with Gasteiger partial charge in [0.15, 0.2) is 0 Å². The molecule has 29 heavy (non-hydrogen) atoms. The summed E-state index contributed by atoms with van der Waals surface area (Å²) < 4.78 is 5.29. The molecule has 0 spiro atoms. The fourth-order valence-corrected chi connectivity index (χ4v) is 3.32. The van der Waals surface area contributed by atoms with Crippen LogP contribution in [0.3, 0.4) is 0 Å². The average Bonchev–Trinajstić information content (AvgIpc) is 2.73. The molecular formula is C24H24N2O3. The molecule has 0 aliphatic rings. The van der Waals surface area contributed by atoms with Gasteiger partial charge in [-0.15, -0.1) is 0 Å². The van der Waals surface area contributed by atoms with Crippen LogP contribution in [0.1, 0.15) is 33.1 Å². The first-order valence-corrected chi connectivity index (χ1v) is 9.34. The minimum Gasteiger partial charge on any atom is -0.497 e. The number of benzene rings is 3. The molecule has 5 nitrogen and oxygen atoms in total. The normalized spacial score (nSPS) is 11.5. The van der Waals surface area contributed by atoms with E-state index in [4.69, 9.17) is 10.5 Å². The minimum absolute atomic E-state index is 0.215. The van der Waals surface area contributed by atoms with Crippen molar-refractivity contribution in [1.29, 1.82) is 0 Å². The number of aryl methyl sites for hydroxylation is 1. The molecule has 5 heteroatoms. The maximum atomic E-state index is 13.5. The highest BCUT2D eigenvalue weighted by atomic mass is 16.5. The fraction of sp³-hybridized carbons (Fsp3) is 0.167. The molecule has 0 saturated carbocycles. The Morgan fingerprint density at radius 3 is 2.34 bits per heavy atom. The predicted octanol–water partition coefficient (Wildman–Crippen LogP) is 3.87. The highest BCUT2D eigenvalue weighted by Gasteiger charge is 2.30. The predicted molar refractivity (Wildman–Crippen MR) is 112 cm³/mol. The molecule has 0 fully saturated rings. The molecule has 2 N–H and O–H groups in total. The quantitative estimate of drug-likeness (QED) is 0.668. The van der Waals surface area contributed by atoms with E-state index in [-0.39, 0.29) is 12.5 Å². The molecule has 148 valence electrons. The Morgan fingerprint density at radius 2 is 1.69 bits per heavy atom. The molecule has 3 aromatic carbocycles. The second-order valence-corrected chi connectivity index (χ2v) is 6.87. The summed E-state index contributed by atoms with van der Waals surface area (Å²) in [6.07, 6.45) is 0. The maximum Gasteiger partial charge on any atom is 0.255 e. The molecule has 0 radical (unpaired) electrons. The number of hydrogen-bond acceptors (Lipinski definition) is 3. The molecular weight excluding hydrogens is 364 g/mol. The first kappa shape index (κ1) is 20.1. The van der Waals surface area contributed by atoms with Gasteiger partial charge in [0, 0.05) is 12.1 Å². The van der Waals surface area contributed by atoms with Crippen molar-refractivity contribution in [1.82, 2.24) is 4.90 Å². The molecule has 3 rings (SSSR count). The summed E-state index contributed by atoms with van der Waals surface area (Å²) in [5.41, 5.74) is 8.75. The van der Waals surface area contributed by atoms with Crippen molar-refractivity contribution in [2.45, 2.75) is 19.5 Å². The van der Waals surface area contributed by atoms with E-state index in [0.717, 1.165) is 11.1 Å². The van der Waals surface area contributed by atoms with Crippen LogP contribution in [-0.4, -0.2) is 23.8 Å². The topological polar surface area (TPSA) is 72.6 Å². The first-order valence-electron chi connectivity index (χ1n) is 9.34. The lowest BCUT2D eigenvalue weighted by Gasteiger charge is -2.30. The summed E-state index contributed by atoms with van der Waals surface area (Å²) in [6.45, 7) is 2.14. The number of nitrogens with zero attached hydrogens (tertiary/aromatic N) is 1. The number of amides is 2. The third-order valence-electron chi connectivity index (χ3n) is 4.71. The fourth-order valence-electron chi connectivity index (χ4n) is 3.32. The van der Waals surface area contributed by atoms with Crippen LogP contribution in [0.5, 0.6) is 5.75 Å². The second-order valence-electron chi connectivity index (χ2n) is 6.87. The van der Waals surface area contributed by atoms with Crippen molar-refractivity contribution >= 4 is 11.8 Å². The minimum atomic E-state index is -0.893. The van der Waals surface area contributed by atoms with E-state index in [9.17, 15) is 9.59 Å². The van der Waals surface area contributed by atoms with Crippen LogP contribution in [0.25, 0.3) is 0 Å². The van der Waals surface area contributed by atoms with E-state index in [1.807, 2.05) is 67.6 Å². The molecule has 1 atom stereocenters. The monoisotopic (exact) mass is 388 g/mol. The van der Waals surface area contributed by atoms with E-state index in [1.165, 1.54) is 4.90 Å².